The molecule has 232 valence electrons. The van der Waals surface area contributed by atoms with Gasteiger partial charge in [0.15, 0.2) is 0 Å². The molecule has 10 heteroatoms. The van der Waals surface area contributed by atoms with Gasteiger partial charge in [-0.2, -0.15) is 0 Å². The number of nitrogens with one attached hydrogen (secondary N) is 4. The zero-order valence-corrected chi connectivity index (χ0v) is 25.9. The monoisotopic (exact) mass is 605 g/mol. The van der Waals surface area contributed by atoms with Crippen molar-refractivity contribution >= 4 is 33.8 Å². The van der Waals surface area contributed by atoms with Crippen molar-refractivity contribution in [2.24, 2.45) is 5.92 Å². The molecule has 7 rings (SSSR count). The summed E-state index contributed by atoms with van der Waals surface area (Å²) in [5.74, 6) is 1.59. The number of imidazole rings is 2. The van der Waals surface area contributed by atoms with E-state index in [-0.39, 0.29) is 17.9 Å². The molecule has 2 aromatic heterocycles. The number of nitrogens with zero attached hydrogens (tertiary/aromatic N) is 3. The Morgan fingerprint density at radius 3 is 2.44 bits per heavy atom. The molecular weight excluding hydrogens is 566 g/mol. The van der Waals surface area contributed by atoms with Crippen LogP contribution in [0.15, 0.2) is 60.8 Å². The van der Waals surface area contributed by atoms with E-state index in [2.05, 4.69) is 75.2 Å². The van der Waals surface area contributed by atoms with Gasteiger partial charge in [0.05, 0.1) is 42.1 Å². The smallest absolute Gasteiger partial charge is 0.407 e. The molecule has 0 aliphatic carbocycles. The van der Waals surface area contributed by atoms with Crippen LogP contribution in [0.1, 0.15) is 63.3 Å². The highest BCUT2D eigenvalue weighted by atomic mass is 16.5. The van der Waals surface area contributed by atoms with E-state index in [4.69, 9.17) is 14.7 Å². The molecule has 0 unspecified atom stereocenters. The number of aromatic amines is 2. The highest BCUT2D eigenvalue weighted by Gasteiger charge is 2.37. The summed E-state index contributed by atoms with van der Waals surface area (Å²) in [6.45, 7) is 5.50. The number of likely N-dealkylation sites (tertiary alicyclic amines) is 1. The summed E-state index contributed by atoms with van der Waals surface area (Å²) < 4.78 is 4.75. The number of hydrogen-bond acceptors (Lipinski definition) is 6. The summed E-state index contributed by atoms with van der Waals surface area (Å²) in [6, 6.07) is 18.9. The van der Waals surface area contributed by atoms with Gasteiger partial charge in [-0.3, -0.25) is 4.79 Å². The Labute approximate surface area is 262 Å². The molecule has 4 heterocycles. The summed E-state index contributed by atoms with van der Waals surface area (Å²) in [7, 11) is 1.30. The SMILES string of the molecule is COC(=O)N[C@H](C(=O)N1CCC[C@H]1c1ncc(-c2ccc3cc(-c4ccc5nc([C@@H]6CCCN6)[nH]c5c4)ccc3c2)[nH]1)C(C)C. The van der Waals surface area contributed by atoms with Crippen LogP contribution in [-0.4, -0.2) is 63.1 Å². The van der Waals surface area contributed by atoms with Crippen LogP contribution in [0, 0.1) is 5.92 Å². The minimum absolute atomic E-state index is 0.0801. The molecule has 0 saturated carbocycles. The van der Waals surface area contributed by atoms with E-state index in [0.717, 1.165) is 81.6 Å². The fourth-order valence-electron chi connectivity index (χ4n) is 6.73. The Hall–Kier alpha value is -4.70. The lowest BCUT2D eigenvalue weighted by molar-refractivity contribution is -0.135. The van der Waals surface area contributed by atoms with Crippen LogP contribution >= 0.6 is 0 Å². The molecule has 2 fully saturated rings. The van der Waals surface area contributed by atoms with E-state index in [1.54, 1.807) is 0 Å². The van der Waals surface area contributed by atoms with Gasteiger partial charge >= 0.3 is 6.09 Å². The standard InChI is InChI=1S/C35H39N7O3/c1-20(2)31(41-35(44)45-3)34(43)42-15-5-7-30(42)33-37-19-29(40-33)25-11-10-21-16-22(8-9-23(21)17-25)24-12-13-26-28(18-24)39-32(38-26)27-6-4-14-36-27/h8-13,16-20,27,30-31,36H,4-7,14-15H2,1-3H3,(H,37,40)(H,38,39)(H,41,44)/t27-,30-,31-/m0/s1. The van der Waals surface area contributed by atoms with Gasteiger partial charge < -0.3 is 30.2 Å². The minimum atomic E-state index is -0.661. The number of benzene rings is 3. The van der Waals surface area contributed by atoms with Crippen molar-refractivity contribution in [2.45, 2.75) is 57.7 Å². The number of carbonyl (C=O) groups is 2. The third-order valence-electron chi connectivity index (χ3n) is 9.21. The molecule has 2 aliphatic rings. The minimum Gasteiger partial charge on any atom is -0.453 e. The van der Waals surface area contributed by atoms with E-state index in [1.165, 1.54) is 13.5 Å². The Morgan fingerprint density at radius 1 is 0.933 bits per heavy atom. The lowest BCUT2D eigenvalue weighted by Crippen LogP contribution is -2.51. The van der Waals surface area contributed by atoms with Crippen LogP contribution < -0.4 is 10.6 Å². The Kier molecular flexibility index (Phi) is 7.75. The van der Waals surface area contributed by atoms with Crippen molar-refractivity contribution in [3.05, 3.63) is 72.4 Å². The lowest BCUT2D eigenvalue weighted by Gasteiger charge is -2.30. The molecular formula is C35H39N7O3. The van der Waals surface area contributed by atoms with E-state index >= 15 is 0 Å². The molecule has 4 N–H and O–H groups in total. The molecule has 5 aromatic rings. The molecule has 0 spiro atoms. The number of H-pyrrole nitrogens is 2. The van der Waals surface area contributed by atoms with Crippen molar-refractivity contribution in [2.75, 3.05) is 20.2 Å². The van der Waals surface area contributed by atoms with Crippen LogP contribution in [0.3, 0.4) is 0 Å². The first-order chi connectivity index (χ1) is 21.9. The van der Waals surface area contributed by atoms with Gasteiger partial charge in [-0.1, -0.05) is 44.2 Å². The quantitative estimate of drug-likeness (QED) is 0.174. The van der Waals surface area contributed by atoms with Crippen LogP contribution in [0.4, 0.5) is 4.79 Å². The fourth-order valence-corrected chi connectivity index (χ4v) is 6.73. The van der Waals surface area contributed by atoms with Gasteiger partial charge in [-0.15, -0.1) is 0 Å². The van der Waals surface area contributed by atoms with Crippen molar-refractivity contribution in [3.63, 3.8) is 0 Å². The average molecular weight is 606 g/mol. The maximum absolute atomic E-state index is 13.5. The Balaban J connectivity index is 1.10. The molecule has 0 bridgehead atoms. The fraction of sp³-hybridized carbons (Fsp3) is 0.371. The first kappa shape index (κ1) is 29.0. The molecule has 3 atom stereocenters. The van der Waals surface area contributed by atoms with Gasteiger partial charge in [0.25, 0.3) is 0 Å². The van der Waals surface area contributed by atoms with E-state index in [9.17, 15) is 9.59 Å². The summed E-state index contributed by atoms with van der Waals surface area (Å²) in [6.07, 6.45) is 5.22. The van der Waals surface area contributed by atoms with E-state index in [0.29, 0.717) is 12.6 Å². The molecule has 2 amide bonds. The summed E-state index contributed by atoms with van der Waals surface area (Å²) >= 11 is 0. The lowest BCUT2D eigenvalue weighted by atomic mass is 9.99. The maximum atomic E-state index is 13.5. The summed E-state index contributed by atoms with van der Waals surface area (Å²) in [5, 5.41) is 8.52. The van der Waals surface area contributed by atoms with Gasteiger partial charge in [0.2, 0.25) is 5.91 Å². The topological polar surface area (TPSA) is 128 Å². The molecule has 3 aromatic carbocycles. The van der Waals surface area contributed by atoms with Crippen LogP contribution in [0.5, 0.6) is 0 Å². The predicted molar refractivity (Wildman–Crippen MR) is 174 cm³/mol. The molecule has 10 nitrogen and oxygen atoms in total. The van der Waals surface area contributed by atoms with Crippen LogP contribution in [-0.2, 0) is 9.53 Å². The second-order valence-corrected chi connectivity index (χ2v) is 12.5. The zero-order valence-electron chi connectivity index (χ0n) is 25.9. The van der Waals surface area contributed by atoms with Gasteiger partial charge in [0, 0.05) is 12.1 Å². The van der Waals surface area contributed by atoms with E-state index < -0.39 is 12.1 Å². The number of hydrogen-bond donors (Lipinski definition) is 4. The zero-order chi connectivity index (χ0) is 31.1. The number of rotatable bonds is 7. The molecule has 0 radical (unpaired) electrons. The highest BCUT2D eigenvalue weighted by Crippen LogP contribution is 2.34. The number of ether oxygens (including phenoxy) is 1. The maximum Gasteiger partial charge on any atom is 0.407 e. The predicted octanol–water partition coefficient (Wildman–Crippen LogP) is 6.24. The first-order valence-electron chi connectivity index (χ1n) is 15.9. The van der Waals surface area contributed by atoms with Gasteiger partial charge in [-0.05, 0) is 84.3 Å². The number of aromatic nitrogens is 4. The van der Waals surface area contributed by atoms with Gasteiger partial charge in [0.1, 0.15) is 17.7 Å². The van der Waals surface area contributed by atoms with Crippen LogP contribution in [0.2, 0.25) is 0 Å². The Morgan fingerprint density at radius 2 is 1.69 bits per heavy atom. The van der Waals surface area contributed by atoms with Crippen molar-refractivity contribution in [3.8, 4) is 22.4 Å². The largest absolute Gasteiger partial charge is 0.453 e. The summed E-state index contributed by atoms with van der Waals surface area (Å²) in [5.41, 5.74) is 6.30. The third kappa shape index (κ3) is 5.66. The number of fused-ring (bicyclic) bond motifs is 2. The number of methoxy groups -OCH3 is 1. The Bertz CT molecular complexity index is 1870. The average Bonchev–Trinajstić information content (AvgIpc) is 3.88. The van der Waals surface area contributed by atoms with Crippen molar-refractivity contribution in [1.82, 2.24) is 35.5 Å². The molecule has 2 aliphatic heterocycles. The molecule has 2 saturated heterocycles. The van der Waals surface area contributed by atoms with Gasteiger partial charge in [-0.25, -0.2) is 14.8 Å². The number of alkyl carbamates (subject to hydrolysis) is 1. The second-order valence-electron chi connectivity index (χ2n) is 12.5. The third-order valence-corrected chi connectivity index (χ3v) is 9.21. The van der Waals surface area contributed by atoms with E-state index in [1.807, 2.05) is 24.9 Å². The highest BCUT2D eigenvalue weighted by molar-refractivity contribution is 5.92. The van der Waals surface area contributed by atoms with Crippen molar-refractivity contribution < 1.29 is 14.3 Å². The first-order valence-corrected chi connectivity index (χ1v) is 15.9. The molecule has 45 heavy (non-hydrogen) atoms. The van der Waals surface area contributed by atoms with Crippen LogP contribution in [0.25, 0.3) is 44.2 Å². The van der Waals surface area contributed by atoms with Crippen molar-refractivity contribution in [1.29, 1.82) is 0 Å². The second kappa shape index (κ2) is 12.0. The normalized spacial score (nSPS) is 19.1. The summed E-state index contributed by atoms with van der Waals surface area (Å²) in [4.78, 5) is 43.8. The number of amides is 2. The number of carbonyl (C=O) groups excluding carboxylic acids is 2.